The maximum Gasteiger partial charge on any atom is 0.326 e. The van der Waals surface area contributed by atoms with Gasteiger partial charge in [0.15, 0.2) is 5.78 Å². The van der Waals surface area contributed by atoms with Crippen LogP contribution in [0.1, 0.15) is 27.0 Å². The minimum Gasteiger partial charge on any atom is -0.480 e. The van der Waals surface area contributed by atoms with Crippen LogP contribution in [0.4, 0.5) is 0 Å². The number of hydrogen-bond acceptors (Lipinski definition) is 3. The molecule has 3 rings (SSSR count). The van der Waals surface area contributed by atoms with Crippen LogP contribution in [0.15, 0.2) is 84.9 Å². The number of nitrogens with one attached hydrogen (secondary N) is 1. The molecule has 29 heavy (non-hydrogen) atoms. The van der Waals surface area contributed by atoms with E-state index in [9.17, 15) is 19.5 Å². The molecule has 0 aliphatic carbocycles. The van der Waals surface area contributed by atoms with Gasteiger partial charge in [-0.1, -0.05) is 84.9 Å². The summed E-state index contributed by atoms with van der Waals surface area (Å²) in [7, 11) is 0. The molecule has 5 heteroatoms. The second kappa shape index (κ2) is 9.46. The minimum atomic E-state index is -1.10. The van der Waals surface area contributed by atoms with Gasteiger partial charge in [-0.25, -0.2) is 4.79 Å². The Hall–Kier alpha value is -3.73. The van der Waals surface area contributed by atoms with E-state index in [-0.39, 0.29) is 24.5 Å². The molecule has 3 aromatic rings. The number of rotatable bonds is 8. The van der Waals surface area contributed by atoms with E-state index in [0.717, 1.165) is 11.1 Å². The van der Waals surface area contributed by atoms with Gasteiger partial charge in [0.1, 0.15) is 6.04 Å². The lowest BCUT2D eigenvalue weighted by molar-refractivity contribution is -0.141. The van der Waals surface area contributed by atoms with Crippen LogP contribution in [0.2, 0.25) is 0 Å². The molecular formula is C24H21NO4. The lowest BCUT2D eigenvalue weighted by Crippen LogP contribution is -2.43. The molecule has 0 bridgehead atoms. The molecule has 1 amide bonds. The van der Waals surface area contributed by atoms with Crippen molar-refractivity contribution >= 4 is 17.7 Å². The first-order valence-corrected chi connectivity index (χ1v) is 9.27. The maximum absolute atomic E-state index is 12.5. The molecule has 0 fully saturated rings. The lowest BCUT2D eigenvalue weighted by atomic mass is 9.99. The van der Waals surface area contributed by atoms with Crippen molar-refractivity contribution in [1.29, 1.82) is 0 Å². The third kappa shape index (κ3) is 5.62. The molecular weight excluding hydrogens is 366 g/mol. The Morgan fingerprint density at radius 1 is 0.724 bits per heavy atom. The first-order valence-electron chi connectivity index (χ1n) is 9.27. The van der Waals surface area contributed by atoms with Gasteiger partial charge in [-0.3, -0.25) is 9.59 Å². The smallest absolute Gasteiger partial charge is 0.326 e. The number of carbonyl (C=O) groups excluding carboxylic acids is 2. The van der Waals surface area contributed by atoms with Crippen LogP contribution in [0.5, 0.6) is 0 Å². The highest BCUT2D eigenvalue weighted by atomic mass is 16.4. The van der Waals surface area contributed by atoms with Gasteiger partial charge >= 0.3 is 5.97 Å². The molecule has 0 aliphatic heterocycles. The fourth-order valence-electron chi connectivity index (χ4n) is 3.01. The molecule has 0 saturated carbocycles. The third-order valence-corrected chi connectivity index (χ3v) is 4.53. The molecule has 0 unspecified atom stereocenters. The van der Waals surface area contributed by atoms with Gasteiger partial charge in [0, 0.05) is 17.5 Å². The topological polar surface area (TPSA) is 83.5 Å². The van der Waals surface area contributed by atoms with E-state index >= 15 is 0 Å². The lowest BCUT2D eigenvalue weighted by Gasteiger charge is -2.15. The highest BCUT2D eigenvalue weighted by Gasteiger charge is 2.20. The first-order chi connectivity index (χ1) is 14.0. The summed E-state index contributed by atoms with van der Waals surface area (Å²) in [5.41, 5.74) is 2.66. The van der Waals surface area contributed by atoms with Gasteiger partial charge in [-0.2, -0.15) is 0 Å². The Kier molecular flexibility index (Phi) is 6.53. The largest absolute Gasteiger partial charge is 0.480 e. The normalized spacial score (nSPS) is 11.4. The Bertz CT molecular complexity index is 982. The van der Waals surface area contributed by atoms with Gasteiger partial charge in [0.05, 0.1) is 6.42 Å². The number of hydrogen-bond donors (Lipinski definition) is 2. The molecule has 3 aromatic carbocycles. The number of benzene rings is 3. The van der Waals surface area contributed by atoms with E-state index in [1.807, 2.05) is 36.4 Å². The highest BCUT2D eigenvalue weighted by Crippen LogP contribution is 2.12. The van der Waals surface area contributed by atoms with Crippen molar-refractivity contribution in [3.63, 3.8) is 0 Å². The van der Waals surface area contributed by atoms with Crippen LogP contribution in [0.3, 0.4) is 0 Å². The molecule has 0 radical (unpaired) electrons. The summed E-state index contributed by atoms with van der Waals surface area (Å²) in [4.78, 5) is 36.2. The molecule has 0 spiro atoms. The van der Waals surface area contributed by atoms with Crippen molar-refractivity contribution in [3.05, 3.63) is 107 Å². The van der Waals surface area contributed by atoms with Crippen LogP contribution >= 0.6 is 0 Å². The van der Waals surface area contributed by atoms with Gasteiger partial charge < -0.3 is 10.4 Å². The molecule has 5 nitrogen and oxygen atoms in total. The van der Waals surface area contributed by atoms with E-state index in [2.05, 4.69) is 5.32 Å². The number of carbonyl (C=O) groups is 3. The molecule has 1 atom stereocenters. The van der Waals surface area contributed by atoms with E-state index in [1.54, 1.807) is 48.5 Å². The van der Waals surface area contributed by atoms with Crippen molar-refractivity contribution in [2.75, 3.05) is 0 Å². The molecule has 0 heterocycles. The number of ketones is 1. The zero-order chi connectivity index (χ0) is 20.6. The van der Waals surface area contributed by atoms with Crippen molar-refractivity contribution in [3.8, 4) is 0 Å². The Balaban J connectivity index is 1.64. The summed E-state index contributed by atoms with van der Waals surface area (Å²) in [5, 5.41) is 12.0. The van der Waals surface area contributed by atoms with Gasteiger partial charge in [-0.05, 0) is 11.1 Å². The first kappa shape index (κ1) is 20.0. The second-order valence-electron chi connectivity index (χ2n) is 6.72. The second-order valence-corrected chi connectivity index (χ2v) is 6.72. The van der Waals surface area contributed by atoms with Crippen molar-refractivity contribution in [2.45, 2.75) is 18.9 Å². The standard InChI is InChI=1S/C24H21NO4/c26-22(16-17-7-3-1-4-8-17)25-21(24(28)29)15-18-11-13-20(14-12-18)23(27)19-9-5-2-6-10-19/h1-14,21H,15-16H2,(H,25,26)(H,28,29)/t21-/m1/s1. The van der Waals surface area contributed by atoms with Gasteiger partial charge in [0.2, 0.25) is 5.91 Å². The van der Waals surface area contributed by atoms with E-state index in [0.29, 0.717) is 11.1 Å². The van der Waals surface area contributed by atoms with Crippen molar-refractivity contribution in [1.82, 2.24) is 5.32 Å². The molecule has 0 aromatic heterocycles. The minimum absolute atomic E-state index is 0.0944. The van der Waals surface area contributed by atoms with E-state index < -0.39 is 12.0 Å². The van der Waals surface area contributed by atoms with Gasteiger partial charge in [0.25, 0.3) is 0 Å². The van der Waals surface area contributed by atoms with Crippen LogP contribution < -0.4 is 5.32 Å². The number of carboxylic acids is 1. The predicted octanol–water partition coefficient (Wildman–Crippen LogP) is 3.27. The zero-order valence-electron chi connectivity index (χ0n) is 15.7. The SMILES string of the molecule is O=C(Cc1ccccc1)N[C@H](Cc1ccc(C(=O)c2ccccc2)cc1)C(=O)O. The highest BCUT2D eigenvalue weighted by molar-refractivity contribution is 6.08. The summed E-state index contributed by atoms with van der Waals surface area (Å²) in [6.07, 6.45) is 0.255. The third-order valence-electron chi connectivity index (χ3n) is 4.53. The monoisotopic (exact) mass is 387 g/mol. The molecule has 146 valence electrons. The van der Waals surface area contributed by atoms with Gasteiger partial charge in [-0.15, -0.1) is 0 Å². The molecule has 0 saturated heterocycles. The summed E-state index contributed by atoms with van der Waals surface area (Å²) in [6.45, 7) is 0. The zero-order valence-corrected chi connectivity index (χ0v) is 15.7. The quantitative estimate of drug-likeness (QED) is 0.581. The van der Waals surface area contributed by atoms with E-state index in [1.165, 1.54) is 0 Å². The number of carboxylic acid groups (broad SMARTS) is 1. The Morgan fingerprint density at radius 2 is 1.28 bits per heavy atom. The fraction of sp³-hybridized carbons (Fsp3) is 0.125. The number of aliphatic carboxylic acids is 1. The maximum atomic E-state index is 12.5. The number of amides is 1. The fourth-order valence-corrected chi connectivity index (χ4v) is 3.01. The molecule has 0 aliphatic rings. The van der Waals surface area contributed by atoms with Crippen molar-refractivity contribution in [2.24, 2.45) is 0 Å². The summed E-state index contributed by atoms with van der Waals surface area (Å²) < 4.78 is 0. The molecule has 2 N–H and O–H groups in total. The average molecular weight is 387 g/mol. The van der Waals surface area contributed by atoms with Crippen LogP contribution in [-0.4, -0.2) is 28.8 Å². The van der Waals surface area contributed by atoms with Crippen LogP contribution in [0, 0.1) is 0 Å². The Morgan fingerprint density at radius 3 is 1.86 bits per heavy atom. The average Bonchev–Trinajstić information content (AvgIpc) is 2.74. The van der Waals surface area contributed by atoms with Crippen LogP contribution in [0.25, 0.3) is 0 Å². The Labute approximate surface area is 169 Å². The predicted molar refractivity (Wildman–Crippen MR) is 110 cm³/mol. The summed E-state index contributed by atoms with van der Waals surface area (Å²) >= 11 is 0. The van der Waals surface area contributed by atoms with E-state index in [4.69, 9.17) is 0 Å². The van der Waals surface area contributed by atoms with Crippen molar-refractivity contribution < 1.29 is 19.5 Å². The summed E-state index contributed by atoms with van der Waals surface area (Å²) in [6, 6.07) is 23.8. The van der Waals surface area contributed by atoms with Crippen LogP contribution in [-0.2, 0) is 22.4 Å². The summed E-state index contributed by atoms with van der Waals surface area (Å²) in [5.74, 6) is -1.54.